The van der Waals surface area contributed by atoms with E-state index >= 15 is 0 Å². The Kier molecular flexibility index (Phi) is 7.92. The number of halogens is 2. The second-order valence-corrected chi connectivity index (χ2v) is 10.8. The highest BCUT2D eigenvalue weighted by molar-refractivity contribution is 9.10. The SMILES string of the molecule is CN1CCC(NC(=O)CN(Cc2ccc(Cl)cc2)S(=O)(=O)c2ccc(Br)cc2)CC1. The van der Waals surface area contributed by atoms with Gasteiger partial charge in [-0.25, -0.2) is 8.42 Å². The Labute approximate surface area is 191 Å². The van der Waals surface area contributed by atoms with Crippen molar-refractivity contribution in [2.24, 2.45) is 0 Å². The number of hydrogen-bond donors (Lipinski definition) is 1. The van der Waals surface area contributed by atoms with Gasteiger partial charge < -0.3 is 10.2 Å². The normalized spacial score (nSPS) is 16.0. The van der Waals surface area contributed by atoms with E-state index in [0.717, 1.165) is 36.0 Å². The molecule has 0 aromatic heterocycles. The summed E-state index contributed by atoms with van der Waals surface area (Å²) in [5, 5.41) is 3.57. The van der Waals surface area contributed by atoms with Gasteiger partial charge in [-0.15, -0.1) is 0 Å². The fraction of sp³-hybridized carbons (Fsp3) is 0.381. The summed E-state index contributed by atoms with van der Waals surface area (Å²) in [6, 6.07) is 13.4. The molecule has 1 N–H and O–H groups in total. The Morgan fingerprint density at radius 2 is 1.73 bits per heavy atom. The molecule has 0 spiro atoms. The molecule has 30 heavy (non-hydrogen) atoms. The summed E-state index contributed by atoms with van der Waals surface area (Å²) in [6.45, 7) is 1.66. The molecule has 1 fully saturated rings. The maximum Gasteiger partial charge on any atom is 0.243 e. The summed E-state index contributed by atoms with van der Waals surface area (Å²) in [6.07, 6.45) is 1.72. The topological polar surface area (TPSA) is 69.7 Å². The van der Waals surface area contributed by atoms with Crippen LogP contribution in [0, 0.1) is 0 Å². The summed E-state index contributed by atoms with van der Waals surface area (Å²) < 4.78 is 28.6. The monoisotopic (exact) mass is 513 g/mol. The van der Waals surface area contributed by atoms with E-state index in [4.69, 9.17) is 11.6 Å². The molecule has 1 heterocycles. The number of piperidine rings is 1. The largest absolute Gasteiger partial charge is 0.352 e. The molecule has 9 heteroatoms. The Bertz CT molecular complexity index is 960. The quantitative estimate of drug-likeness (QED) is 0.614. The Balaban J connectivity index is 1.78. The Hall–Kier alpha value is -1.45. The molecule has 3 rings (SSSR count). The second-order valence-electron chi connectivity index (χ2n) is 7.50. The molecule has 0 bridgehead atoms. The predicted molar refractivity (Wildman–Crippen MR) is 122 cm³/mol. The van der Waals surface area contributed by atoms with Crippen molar-refractivity contribution >= 4 is 43.5 Å². The van der Waals surface area contributed by atoms with E-state index in [1.54, 1.807) is 36.4 Å². The lowest BCUT2D eigenvalue weighted by Gasteiger charge is -2.30. The van der Waals surface area contributed by atoms with Crippen molar-refractivity contribution in [2.45, 2.75) is 30.3 Å². The molecule has 0 unspecified atom stereocenters. The number of benzene rings is 2. The molecular weight excluding hydrogens is 490 g/mol. The van der Waals surface area contributed by atoms with Crippen LogP contribution in [-0.4, -0.2) is 56.3 Å². The van der Waals surface area contributed by atoms with Crippen LogP contribution < -0.4 is 5.32 Å². The van der Waals surface area contributed by atoms with Crippen molar-refractivity contribution in [2.75, 3.05) is 26.7 Å². The first-order valence-electron chi connectivity index (χ1n) is 9.72. The Morgan fingerprint density at radius 3 is 2.33 bits per heavy atom. The van der Waals surface area contributed by atoms with Crippen molar-refractivity contribution in [3.8, 4) is 0 Å². The van der Waals surface area contributed by atoms with Crippen LogP contribution in [0.5, 0.6) is 0 Å². The minimum atomic E-state index is -3.86. The van der Waals surface area contributed by atoms with Crippen LogP contribution >= 0.6 is 27.5 Å². The van der Waals surface area contributed by atoms with Gasteiger partial charge in [0.05, 0.1) is 11.4 Å². The molecule has 0 aliphatic carbocycles. The van der Waals surface area contributed by atoms with Gasteiger partial charge >= 0.3 is 0 Å². The maximum absolute atomic E-state index is 13.3. The minimum absolute atomic E-state index is 0.0708. The van der Waals surface area contributed by atoms with E-state index in [1.807, 2.05) is 0 Å². The van der Waals surface area contributed by atoms with Gasteiger partial charge in [0.1, 0.15) is 0 Å². The van der Waals surface area contributed by atoms with E-state index in [9.17, 15) is 13.2 Å². The third-order valence-corrected chi connectivity index (χ3v) is 7.71. The van der Waals surface area contributed by atoms with Crippen molar-refractivity contribution in [1.82, 2.24) is 14.5 Å². The van der Waals surface area contributed by atoms with E-state index in [1.165, 1.54) is 16.4 Å². The van der Waals surface area contributed by atoms with Gasteiger partial charge in [-0.2, -0.15) is 4.31 Å². The maximum atomic E-state index is 13.3. The van der Waals surface area contributed by atoms with E-state index in [2.05, 4.69) is 33.2 Å². The van der Waals surface area contributed by atoms with Crippen LogP contribution in [0.3, 0.4) is 0 Å². The number of carbonyl (C=O) groups is 1. The number of nitrogens with zero attached hydrogens (tertiary/aromatic N) is 2. The lowest BCUT2D eigenvalue weighted by molar-refractivity contribution is -0.122. The average molecular weight is 515 g/mol. The number of carbonyl (C=O) groups excluding carboxylic acids is 1. The van der Waals surface area contributed by atoms with Crippen molar-refractivity contribution < 1.29 is 13.2 Å². The van der Waals surface area contributed by atoms with Gasteiger partial charge in [-0.3, -0.25) is 4.79 Å². The molecule has 2 aromatic rings. The smallest absolute Gasteiger partial charge is 0.243 e. The van der Waals surface area contributed by atoms with Crippen LogP contribution in [0.25, 0.3) is 0 Å². The number of sulfonamides is 1. The van der Waals surface area contributed by atoms with Crippen molar-refractivity contribution in [3.63, 3.8) is 0 Å². The van der Waals surface area contributed by atoms with Gasteiger partial charge in [0, 0.05) is 22.1 Å². The third kappa shape index (κ3) is 6.28. The van der Waals surface area contributed by atoms with Gasteiger partial charge in [-0.1, -0.05) is 39.7 Å². The highest BCUT2D eigenvalue weighted by Crippen LogP contribution is 2.21. The first kappa shape index (κ1) is 23.2. The fourth-order valence-electron chi connectivity index (χ4n) is 3.36. The fourth-order valence-corrected chi connectivity index (χ4v) is 5.14. The van der Waals surface area contributed by atoms with Crippen LogP contribution in [0.4, 0.5) is 0 Å². The third-order valence-electron chi connectivity index (χ3n) is 5.13. The molecule has 0 saturated carbocycles. The lowest BCUT2D eigenvalue weighted by Crippen LogP contribution is -2.47. The molecule has 1 aliphatic heterocycles. The van der Waals surface area contributed by atoms with E-state index in [0.29, 0.717) is 5.02 Å². The molecule has 1 aliphatic rings. The second kappa shape index (κ2) is 10.2. The van der Waals surface area contributed by atoms with Crippen LogP contribution in [-0.2, 0) is 21.4 Å². The van der Waals surface area contributed by atoms with Crippen molar-refractivity contribution in [3.05, 3.63) is 63.6 Å². The van der Waals surface area contributed by atoms with E-state index in [-0.39, 0.29) is 29.9 Å². The zero-order valence-corrected chi connectivity index (χ0v) is 19.9. The van der Waals surface area contributed by atoms with Gasteiger partial charge in [-0.05, 0) is 74.9 Å². The van der Waals surface area contributed by atoms with Gasteiger partial charge in [0.2, 0.25) is 15.9 Å². The molecule has 162 valence electrons. The number of likely N-dealkylation sites (tertiary alicyclic amines) is 1. The highest BCUT2D eigenvalue weighted by Gasteiger charge is 2.28. The summed E-state index contributed by atoms with van der Waals surface area (Å²) in [5.74, 6) is -0.292. The number of amides is 1. The average Bonchev–Trinajstić information content (AvgIpc) is 2.71. The van der Waals surface area contributed by atoms with Crippen LogP contribution in [0.1, 0.15) is 18.4 Å². The first-order chi connectivity index (χ1) is 14.2. The number of rotatable bonds is 7. The summed E-state index contributed by atoms with van der Waals surface area (Å²) in [5.41, 5.74) is 0.757. The minimum Gasteiger partial charge on any atom is -0.352 e. The standard InChI is InChI=1S/C21H25BrClN3O3S/c1-25-12-10-19(11-13-25)24-21(27)15-26(14-16-2-6-18(23)7-3-16)30(28,29)20-8-4-17(22)5-9-20/h2-9,19H,10-15H2,1H3,(H,24,27). The molecule has 1 amide bonds. The van der Waals surface area contributed by atoms with Crippen molar-refractivity contribution in [1.29, 1.82) is 0 Å². The summed E-state index contributed by atoms with van der Waals surface area (Å²) in [7, 11) is -1.81. The van der Waals surface area contributed by atoms with Gasteiger partial charge in [0.15, 0.2) is 0 Å². The summed E-state index contributed by atoms with van der Waals surface area (Å²) in [4.78, 5) is 15.1. The predicted octanol–water partition coefficient (Wildman–Crippen LogP) is 3.50. The van der Waals surface area contributed by atoms with Gasteiger partial charge in [0.25, 0.3) is 0 Å². The van der Waals surface area contributed by atoms with Crippen LogP contribution in [0.15, 0.2) is 57.9 Å². The molecule has 6 nitrogen and oxygen atoms in total. The number of hydrogen-bond acceptors (Lipinski definition) is 4. The highest BCUT2D eigenvalue weighted by atomic mass is 79.9. The van der Waals surface area contributed by atoms with E-state index < -0.39 is 10.0 Å². The molecular formula is C21H25BrClN3O3S. The molecule has 0 radical (unpaired) electrons. The van der Waals surface area contributed by atoms with Crippen LogP contribution in [0.2, 0.25) is 5.02 Å². The molecule has 2 aromatic carbocycles. The molecule has 0 atom stereocenters. The number of nitrogens with one attached hydrogen (secondary N) is 1. The first-order valence-corrected chi connectivity index (χ1v) is 12.3. The lowest BCUT2D eigenvalue weighted by atomic mass is 10.1. The summed E-state index contributed by atoms with van der Waals surface area (Å²) >= 11 is 9.27. The zero-order chi connectivity index (χ0) is 21.7. The zero-order valence-electron chi connectivity index (χ0n) is 16.7. The molecule has 1 saturated heterocycles. The Morgan fingerprint density at radius 1 is 1.13 bits per heavy atom.